The minimum atomic E-state index is 0.0683. The van der Waals surface area contributed by atoms with Crippen molar-refractivity contribution in [2.75, 3.05) is 32.9 Å². The summed E-state index contributed by atoms with van der Waals surface area (Å²) in [6.45, 7) is 3.53. The van der Waals surface area contributed by atoms with Crippen LogP contribution in [-0.2, 0) is 4.79 Å². The molecule has 1 amide bonds. The van der Waals surface area contributed by atoms with Crippen LogP contribution in [0.3, 0.4) is 0 Å². The Morgan fingerprint density at radius 2 is 1.84 bits per heavy atom. The number of hydrogen-bond acceptors (Lipinski definition) is 5. The summed E-state index contributed by atoms with van der Waals surface area (Å²) >= 11 is 14.0. The van der Waals surface area contributed by atoms with E-state index in [1.165, 1.54) is 5.56 Å². The summed E-state index contributed by atoms with van der Waals surface area (Å²) in [5.41, 5.74) is 2.97. The first-order valence-corrected chi connectivity index (χ1v) is 12.1. The molecule has 32 heavy (non-hydrogen) atoms. The highest BCUT2D eigenvalue weighted by Crippen LogP contribution is 2.31. The highest BCUT2D eigenvalue weighted by molar-refractivity contribution is 7.99. The predicted octanol–water partition coefficient (Wildman–Crippen LogP) is 5.10. The highest BCUT2D eigenvalue weighted by Gasteiger charge is 2.17. The first kappa shape index (κ1) is 24.6. The molecule has 3 aromatic rings. The maximum Gasteiger partial charge on any atom is 0.220 e. The second-order valence-corrected chi connectivity index (χ2v) is 9.59. The van der Waals surface area contributed by atoms with Crippen molar-refractivity contribution < 1.29 is 4.79 Å². The molecule has 0 unspecified atom stereocenters. The zero-order valence-corrected chi connectivity index (χ0v) is 20.8. The van der Waals surface area contributed by atoms with E-state index in [-0.39, 0.29) is 5.91 Å². The predicted molar refractivity (Wildman–Crippen MR) is 133 cm³/mol. The molecule has 0 fully saturated rings. The number of aryl methyl sites for hydroxylation is 1. The topological polar surface area (TPSA) is 63.1 Å². The Balaban J connectivity index is 1.74. The lowest BCUT2D eigenvalue weighted by molar-refractivity contribution is -0.121. The number of aromatic nitrogens is 3. The van der Waals surface area contributed by atoms with Crippen molar-refractivity contribution in [2.45, 2.75) is 24.9 Å². The van der Waals surface area contributed by atoms with Crippen molar-refractivity contribution in [3.05, 3.63) is 58.1 Å². The van der Waals surface area contributed by atoms with E-state index < -0.39 is 0 Å². The molecular weight excluding hydrogens is 465 g/mol. The van der Waals surface area contributed by atoms with E-state index >= 15 is 0 Å². The fraction of sp³-hybridized carbons (Fsp3) is 0.348. The minimum Gasteiger partial charge on any atom is -0.355 e. The van der Waals surface area contributed by atoms with Crippen LogP contribution in [0.5, 0.6) is 0 Å². The third-order valence-corrected chi connectivity index (χ3v) is 6.52. The van der Waals surface area contributed by atoms with E-state index in [0.29, 0.717) is 23.0 Å². The molecule has 1 aromatic heterocycles. The van der Waals surface area contributed by atoms with Crippen molar-refractivity contribution in [1.29, 1.82) is 0 Å². The molecule has 9 heteroatoms. The molecule has 3 rings (SSSR count). The summed E-state index contributed by atoms with van der Waals surface area (Å²) in [6.07, 6.45) is 1.22. The number of hydrogen-bond donors (Lipinski definition) is 1. The lowest BCUT2D eigenvalue weighted by Gasteiger charge is -2.12. The van der Waals surface area contributed by atoms with E-state index in [2.05, 4.69) is 15.5 Å². The lowest BCUT2D eigenvalue weighted by atomic mass is 10.1. The van der Waals surface area contributed by atoms with E-state index in [0.717, 1.165) is 41.0 Å². The van der Waals surface area contributed by atoms with Crippen molar-refractivity contribution in [2.24, 2.45) is 0 Å². The van der Waals surface area contributed by atoms with Gasteiger partial charge in [0.2, 0.25) is 5.91 Å². The second kappa shape index (κ2) is 11.7. The van der Waals surface area contributed by atoms with E-state index in [1.54, 1.807) is 17.8 Å². The number of nitrogens with zero attached hydrogens (tertiary/aromatic N) is 4. The van der Waals surface area contributed by atoms with Gasteiger partial charge in [0.1, 0.15) is 0 Å². The van der Waals surface area contributed by atoms with Crippen molar-refractivity contribution >= 4 is 40.9 Å². The molecule has 0 spiro atoms. The Morgan fingerprint density at radius 1 is 1.09 bits per heavy atom. The molecule has 6 nitrogen and oxygen atoms in total. The van der Waals surface area contributed by atoms with Gasteiger partial charge in [-0.2, -0.15) is 0 Å². The molecule has 0 saturated heterocycles. The number of halogens is 2. The van der Waals surface area contributed by atoms with Gasteiger partial charge < -0.3 is 10.2 Å². The van der Waals surface area contributed by atoms with Gasteiger partial charge in [-0.1, -0.05) is 64.8 Å². The summed E-state index contributed by atoms with van der Waals surface area (Å²) in [5, 5.41) is 13.5. The first-order valence-electron chi connectivity index (χ1n) is 10.4. The Hall–Kier alpha value is -2.06. The van der Waals surface area contributed by atoms with Gasteiger partial charge in [0, 0.05) is 30.8 Å². The molecule has 0 atom stereocenters. The molecule has 1 N–H and O–H groups in total. The number of benzene rings is 2. The normalized spacial score (nSPS) is 11.2. The zero-order valence-electron chi connectivity index (χ0n) is 18.4. The molecule has 1 heterocycles. The Morgan fingerprint density at radius 3 is 2.53 bits per heavy atom. The van der Waals surface area contributed by atoms with Crippen LogP contribution in [0, 0.1) is 6.92 Å². The van der Waals surface area contributed by atoms with Gasteiger partial charge in [0.25, 0.3) is 0 Å². The third kappa shape index (κ3) is 6.72. The van der Waals surface area contributed by atoms with Gasteiger partial charge >= 0.3 is 0 Å². The summed E-state index contributed by atoms with van der Waals surface area (Å²) < 4.78 is 1.98. The molecule has 0 radical (unpaired) electrons. The van der Waals surface area contributed by atoms with Crippen LogP contribution >= 0.6 is 35.0 Å². The minimum absolute atomic E-state index is 0.0683. The van der Waals surface area contributed by atoms with Crippen molar-refractivity contribution in [1.82, 2.24) is 25.0 Å². The molecule has 0 aliphatic rings. The van der Waals surface area contributed by atoms with E-state index in [4.69, 9.17) is 23.2 Å². The van der Waals surface area contributed by atoms with Gasteiger partial charge in [0.15, 0.2) is 11.0 Å². The average Bonchev–Trinajstić information content (AvgIpc) is 3.17. The largest absolute Gasteiger partial charge is 0.355 e. The Kier molecular flexibility index (Phi) is 8.99. The number of likely N-dealkylation sites (N-methyl/N-ethyl adjacent to an activating group) is 1. The van der Waals surface area contributed by atoms with Crippen molar-refractivity contribution in [3.63, 3.8) is 0 Å². The monoisotopic (exact) mass is 491 g/mol. The molecular formula is C23H27Cl2N5OS. The summed E-state index contributed by atoms with van der Waals surface area (Å²) in [7, 11) is 3.97. The van der Waals surface area contributed by atoms with E-state index in [1.807, 2.05) is 66.9 Å². The van der Waals surface area contributed by atoms with Gasteiger partial charge in [-0.05, 0) is 45.6 Å². The number of nitrogens with one attached hydrogen (secondary N) is 1. The van der Waals surface area contributed by atoms with Crippen LogP contribution in [0.25, 0.3) is 17.1 Å². The molecule has 0 aliphatic carbocycles. The molecule has 0 saturated carbocycles. The second-order valence-electron chi connectivity index (χ2n) is 7.71. The van der Waals surface area contributed by atoms with Crippen LogP contribution < -0.4 is 5.32 Å². The number of carbonyl (C=O) groups is 1. The lowest BCUT2D eigenvalue weighted by Crippen LogP contribution is -2.31. The molecule has 2 aromatic carbocycles. The quantitative estimate of drug-likeness (QED) is 0.315. The highest BCUT2D eigenvalue weighted by atomic mass is 35.5. The van der Waals surface area contributed by atoms with Gasteiger partial charge in [-0.15, -0.1) is 10.2 Å². The van der Waals surface area contributed by atoms with Crippen LogP contribution in [-0.4, -0.2) is 58.5 Å². The molecule has 0 aliphatic heterocycles. The summed E-state index contributed by atoms with van der Waals surface area (Å²) in [6, 6.07) is 13.6. The number of amides is 1. The van der Waals surface area contributed by atoms with E-state index in [9.17, 15) is 4.79 Å². The maximum atomic E-state index is 12.0. The summed E-state index contributed by atoms with van der Waals surface area (Å²) in [5.74, 6) is 1.54. The van der Waals surface area contributed by atoms with Gasteiger partial charge in [0.05, 0.1) is 15.7 Å². The smallest absolute Gasteiger partial charge is 0.220 e. The van der Waals surface area contributed by atoms with Crippen LogP contribution in [0.4, 0.5) is 0 Å². The van der Waals surface area contributed by atoms with Crippen LogP contribution in [0.15, 0.2) is 47.6 Å². The van der Waals surface area contributed by atoms with Crippen LogP contribution in [0.1, 0.15) is 18.4 Å². The number of carbonyl (C=O) groups excluding carboxylic acids is 1. The third-order valence-electron chi connectivity index (χ3n) is 4.77. The average molecular weight is 492 g/mol. The fourth-order valence-corrected chi connectivity index (χ4v) is 4.20. The fourth-order valence-electron chi connectivity index (χ4n) is 3.01. The number of rotatable bonds is 10. The number of thioether (sulfide) groups is 1. The molecule has 0 bridgehead atoms. The van der Waals surface area contributed by atoms with Crippen LogP contribution in [0.2, 0.25) is 10.0 Å². The Bertz CT molecular complexity index is 1050. The van der Waals surface area contributed by atoms with Crippen molar-refractivity contribution in [3.8, 4) is 17.1 Å². The molecule has 170 valence electrons. The SMILES string of the molecule is Cc1ccc(-c2nnc(SCCCC(=O)NCCN(C)C)n2-c2ccc(Cl)c(Cl)c2)cc1. The maximum absolute atomic E-state index is 12.0. The van der Waals surface area contributed by atoms with Gasteiger partial charge in [-0.3, -0.25) is 9.36 Å². The van der Waals surface area contributed by atoms with Gasteiger partial charge in [-0.25, -0.2) is 0 Å². The summed E-state index contributed by atoms with van der Waals surface area (Å²) in [4.78, 5) is 14.1. The first-order chi connectivity index (χ1) is 15.3. The zero-order chi connectivity index (χ0) is 23.1. The Labute approximate surface area is 203 Å². The standard InChI is InChI=1S/C23H27Cl2N5OS/c1-16-6-8-17(9-7-16)22-27-28-23(30(22)18-10-11-19(24)20(25)15-18)32-14-4-5-21(31)26-12-13-29(2)3/h6-11,15H,4-5,12-14H2,1-3H3,(H,26,31).